The van der Waals surface area contributed by atoms with E-state index in [0.717, 1.165) is 30.5 Å². The predicted octanol–water partition coefficient (Wildman–Crippen LogP) is 2.27. The number of ether oxygens (including phenoxy) is 2. The number of aliphatic imine (C=N–C) groups is 1. The lowest BCUT2D eigenvalue weighted by atomic mass is 10.3. The summed E-state index contributed by atoms with van der Waals surface area (Å²) in [5.74, 6) is 2.41. The molecular weight excluding hydrogens is 369 g/mol. The van der Waals surface area contributed by atoms with Crippen molar-refractivity contribution in [2.24, 2.45) is 4.99 Å². The van der Waals surface area contributed by atoms with E-state index >= 15 is 0 Å². The van der Waals surface area contributed by atoms with E-state index in [4.69, 9.17) is 9.47 Å². The minimum Gasteiger partial charge on any atom is -0.497 e. The summed E-state index contributed by atoms with van der Waals surface area (Å²) in [7, 11) is 1.64. The first-order valence-corrected chi connectivity index (χ1v) is 6.59. The third kappa shape index (κ3) is 7.42. The highest BCUT2D eigenvalue weighted by atomic mass is 127. The highest BCUT2D eigenvalue weighted by Crippen LogP contribution is 2.18. The summed E-state index contributed by atoms with van der Waals surface area (Å²) < 4.78 is 10.7. The Hall–Kier alpha value is -1.18. The van der Waals surface area contributed by atoms with Gasteiger partial charge in [-0.25, -0.2) is 4.99 Å². The summed E-state index contributed by atoms with van der Waals surface area (Å²) in [5, 5.41) is 6.33. The molecule has 0 aliphatic carbocycles. The first-order chi connectivity index (χ1) is 9.30. The lowest BCUT2D eigenvalue weighted by Crippen LogP contribution is -2.37. The number of nitrogens with one attached hydrogen (secondary N) is 2. The Morgan fingerprint density at radius 1 is 1.15 bits per heavy atom. The molecule has 0 unspecified atom stereocenters. The fourth-order valence-corrected chi connectivity index (χ4v) is 1.52. The Morgan fingerprint density at radius 2 is 1.80 bits per heavy atom. The minimum atomic E-state index is 0. The maximum absolute atomic E-state index is 5.61. The smallest absolute Gasteiger partial charge is 0.191 e. The van der Waals surface area contributed by atoms with Crippen LogP contribution in [0.4, 0.5) is 0 Å². The van der Waals surface area contributed by atoms with Crippen LogP contribution in [0.25, 0.3) is 0 Å². The average Bonchev–Trinajstić information content (AvgIpc) is 2.44. The number of hydrogen-bond acceptors (Lipinski definition) is 3. The molecule has 0 spiro atoms. The molecule has 1 aromatic rings. The monoisotopic (exact) mass is 393 g/mol. The van der Waals surface area contributed by atoms with Crippen LogP contribution in [0.1, 0.15) is 13.8 Å². The van der Waals surface area contributed by atoms with E-state index in [2.05, 4.69) is 15.6 Å². The molecule has 0 aliphatic heterocycles. The van der Waals surface area contributed by atoms with Crippen molar-refractivity contribution in [1.29, 1.82) is 0 Å². The van der Waals surface area contributed by atoms with Crippen molar-refractivity contribution in [2.45, 2.75) is 13.8 Å². The highest BCUT2D eigenvalue weighted by Gasteiger charge is 1.97. The molecule has 0 radical (unpaired) electrons. The van der Waals surface area contributed by atoms with Gasteiger partial charge in [-0.1, -0.05) is 6.07 Å². The molecule has 5 nitrogen and oxygen atoms in total. The van der Waals surface area contributed by atoms with Crippen LogP contribution >= 0.6 is 24.0 Å². The quantitative estimate of drug-likeness (QED) is 0.323. The van der Waals surface area contributed by atoms with Crippen LogP contribution in [0.3, 0.4) is 0 Å². The molecule has 0 bridgehead atoms. The SMILES string of the molecule is CCNC(=NCCOc1cccc(OC)c1)NCC.I. The van der Waals surface area contributed by atoms with Gasteiger partial charge in [0.05, 0.1) is 13.7 Å². The van der Waals surface area contributed by atoms with Gasteiger partial charge in [-0.3, -0.25) is 0 Å². The van der Waals surface area contributed by atoms with Crippen LogP contribution < -0.4 is 20.1 Å². The number of hydrogen-bond donors (Lipinski definition) is 2. The third-order valence-electron chi connectivity index (χ3n) is 2.36. The lowest BCUT2D eigenvalue weighted by Gasteiger charge is -2.10. The Morgan fingerprint density at radius 3 is 2.40 bits per heavy atom. The van der Waals surface area contributed by atoms with E-state index < -0.39 is 0 Å². The maximum Gasteiger partial charge on any atom is 0.191 e. The van der Waals surface area contributed by atoms with Crippen LogP contribution in [0.2, 0.25) is 0 Å². The molecule has 0 saturated carbocycles. The molecule has 0 aliphatic rings. The Labute approximate surface area is 138 Å². The first kappa shape index (κ1) is 18.8. The molecule has 0 amide bonds. The van der Waals surface area contributed by atoms with Gasteiger partial charge in [0, 0.05) is 19.2 Å². The van der Waals surface area contributed by atoms with Gasteiger partial charge in [-0.15, -0.1) is 24.0 Å². The molecule has 0 fully saturated rings. The summed E-state index contributed by atoms with van der Waals surface area (Å²) in [6.45, 7) is 6.92. The van der Waals surface area contributed by atoms with Gasteiger partial charge in [0.2, 0.25) is 0 Å². The van der Waals surface area contributed by atoms with Crippen molar-refractivity contribution < 1.29 is 9.47 Å². The van der Waals surface area contributed by atoms with Gasteiger partial charge in [-0.2, -0.15) is 0 Å². The van der Waals surface area contributed by atoms with Crippen LogP contribution in [0, 0.1) is 0 Å². The van der Waals surface area contributed by atoms with E-state index in [9.17, 15) is 0 Å². The molecule has 0 heterocycles. The van der Waals surface area contributed by atoms with Gasteiger partial charge in [0.25, 0.3) is 0 Å². The summed E-state index contributed by atoms with van der Waals surface area (Å²) in [6, 6.07) is 7.56. The Kier molecular flexibility index (Phi) is 10.9. The van der Waals surface area contributed by atoms with E-state index in [-0.39, 0.29) is 24.0 Å². The molecule has 20 heavy (non-hydrogen) atoms. The second kappa shape index (κ2) is 11.6. The van der Waals surface area contributed by atoms with Crippen molar-refractivity contribution in [3.05, 3.63) is 24.3 Å². The maximum atomic E-state index is 5.61. The summed E-state index contributed by atoms with van der Waals surface area (Å²) in [6.07, 6.45) is 0. The molecule has 1 rings (SSSR count). The van der Waals surface area contributed by atoms with Crippen LogP contribution in [0.15, 0.2) is 29.3 Å². The molecule has 114 valence electrons. The van der Waals surface area contributed by atoms with E-state index in [1.807, 2.05) is 38.1 Å². The number of halogens is 1. The van der Waals surface area contributed by atoms with E-state index in [0.29, 0.717) is 13.2 Å². The standard InChI is InChI=1S/C14H23N3O2.HI/c1-4-15-14(16-5-2)17-9-10-19-13-8-6-7-12(11-13)18-3;/h6-8,11H,4-5,9-10H2,1-3H3,(H2,15,16,17);1H. The largest absolute Gasteiger partial charge is 0.497 e. The summed E-state index contributed by atoms with van der Waals surface area (Å²) in [4.78, 5) is 4.40. The minimum absolute atomic E-state index is 0. The van der Waals surface area contributed by atoms with Crippen molar-refractivity contribution in [2.75, 3.05) is 33.4 Å². The number of benzene rings is 1. The fourth-order valence-electron chi connectivity index (χ4n) is 1.52. The number of methoxy groups -OCH3 is 1. The molecule has 6 heteroatoms. The van der Waals surface area contributed by atoms with Gasteiger partial charge >= 0.3 is 0 Å². The van der Waals surface area contributed by atoms with Gasteiger partial charge in [0.1, 0.15) is 18.1 Å². The van der Waals surface area contributed by atoms with E-state index in [1.165, 1.54) is 0 Å². The predicted molar refractivity (Wildman–Crippen MR) is 93.6 cm³/mol. The number of rotatable bonds is 7. The zero-order chi connectivity index (χ0) is 13.9. The second-order valence-electron chi connectivity index (χ2n) is 3.82. The molecule has 1 aromatic carbocycles. The normalized spacial score (nSPS) is 9.15. The Bertz CT molecular complexity index is 392. The molecule has 2 N–H and O–H groups in total. The molecule has 0 aromatic heterocycles. The summed E-state index contributed by atoms with van der Waals surface area (Å²) >= 11 is 0. The number of guanidine groups is 1. The second-order valence-corrected chi connectivity index (χ2v) is 3.82. The van der Waals surface area contributed by atoms with Gasteiger partial charge in [0.15, 0.2) is 5.96 Å². The topological polar surface area (TPSA) is 54.9 Å². The van der Waals surface area contributed by atoms with Crippen molar-refractivity contribution >= 4 is 29.9 Å². The zero-order valence-electron chi connectivity index (χ0n) is 12.3. The van der Waals surface area contributed by atoms with Crippen molar-refractivity contribution in [3.63, 3.8) is 0 Å². The van der Waals surface area contributed by atoms with Crippen molar-refractivity contribution in [3.8, 4) is 11.5 Å². The van der Waals surface area contributed by atoms with Crippen LogP contribution in [0.5, 0.6) is 11.5 Å². The fraction of sp³-hybridized carbons (Fsp3) is 0.500. The van der Waals surface area contributed by atoms with Gasteiger partial charge < -0.3 is 20.1 Å². The Balaban J connectivity index is 0.00000361. The van der Waals surface area contributed by atoms with Crippen LogP contribution in [-0.4, -0.2) is 39.3 Å². The number of nitrogens with zero attached hydrogens (tertiary/aromatic N) is 1. The first-order valence-electron chi connectivity index (χ1n) is 6.59. The van der Waals surface area contributed by atoms with E-state index in [1.54, 1.807) is 7.11 Å². The van der Waals surface area contributed by atoms with Crippen LogP contribution in [-0.2, 0) is 0 Å². The average molecular weight is 393 g/mol. The highest BCUT2D eigenvalue weighted by molar-refractivity contribution is 14.0. The third-order valence-corrected chi connectivity index (χ3v) is 2.36. The molecule has 0 saturated heterocycles. The summed E-state index contributed by atoms with van der Waals surface area (Å²) in [5.41, 5.74) is 0. The van der Waals surface area contributed by atoms with Crippen molar-refractivity contribution in [1.82, 2.24) is 10.6 Å². The lowest BCUT2D eigenvalue weighted by molar-refractivity contribution is 0.325. The molecule has 0 atom stereocenters. The molecular formula is C14H24IN3O2. The zero-order valence-corrected chi connectivity index (χ0v) is 14.6. The van der Waals surface area contributed by atoms with Gasteiger partial charge in [-0.05, 0) is 26.0 Å².